The number of para-hydroxylation sites is 1. The average molecular weight is 254 g/mol. The van der Waals surface area contributed by atoms with Gasteiger partial charge in [0.25, 0.3) is 0 Å². The molecule has 0 spiro atoms. The van der Waals surface area contributed by atoms with Crippen LogP contribution in [0.2, 0.25) is 0 Å². The molecule has 0 saturated carbocycles. The molecule has 2 rings (SSSR count). The van der Waals surface area contributed by atoms with Gasteiger partial charge in [-0.2, -0.15) is 0 Å². The average Bonchev–Trinajstić information content (AvgIpc) is 2.41. The van der Waals surface area contributed by atoms with Gasteiger partial charge in [0.15, 0.2) is 0 Å². The summed E-state index contributed by atoms with van der Waals surface area (Å²) in [6.07, 6.45) is 0.741. The highest BCUT2D eigenvalue weighted by molar-refractivity contribution is 6.00. The van der Waals surface area contributed by atoms with Crippen LogP contribution >= 0.6 is 0 Å². The number of urea groups is 1. The molecule has 0 aromatic heterocycles. The third kappa shape index (κ3) is 3.42. The normalized spacial score (nSPS) is 9.74. The number of carbonyl (C=O) groups is 2. The van der Waals surface area contributed by atoms with E-state index in [1.165, 1.54) is 0 Å². The predicted molar refractivity (Wildman–Crippen MR) is 75.6 cm³/mol. The van der Waals surface area contributed by atoms with Crippen molar-refractivity contribution in [3.8, 4) is 0 Å². The monoisotopic (exact) mass is 254 g/mol. The Kier molecular flexibility index (Phi) is 3.93. The van der Waals surface area contributed by atoms with Gasteiger partial charge in [0.2, 0.25) is 0 Å². The number of amides is 2. The van der Waals surface area contributed by atoms with Crippen LogP contribution in [0, 0.1) is 6.92 Å². The summed E-state index contributed by atoms with van der Waals surface area (Å²) < 4.78 is 0. The first-order chi connectivity index (χ1) is 9.19. The maximum atomic E-state index is 11.8. The van der Waals surface area contributed by atoms with Gasteiger partial charge in [0, 0.05) is 16.9 Å². The van der Waals surface area contributed by atoms with E-state index < -0.39 is 0 Å². The quantitative estimate of drug-likeness (QED) is 0.824. The van der Waals surface area contributed by atoms with Crippen molar-refractivity contribution in [1.29, 1.82) is 0 Å². The van der Waals surface area contributed by atoms with Gasteiger partial charge in [-0.05, 0) is 30.7 Å². The van der Waals surface area contributed by atoms with Gasteiger partial charge < -0.3 is 10.6 Å². The summed E-state index contributed by atoms with van der Waals surface area (Å²) in [6, 6.07) is 13.9. The van der Waals surface area contributed by atoms with Crippen LogP contribution in [0.3, 0.4) is 0 Å². The molecule has 2 aromatic rings. The predicted octanol–water partition coefficient (Wildman–Crippen LogP) is 3.45. The number of nitrogens with one attached hydrogen (secondary N) is 2. The molecule has 0 aliphatic carbocycles. The molecule has 2 N–H and O–H groups in total. The Balaban J connectivity index is 2.05. The van der Waals surface area contributed by atoms with E-state index in [4.69, 9.17) is 0 Å². The molecule has 0 bridgehead atoms. The van der Waals surface area contributed by atoms with Crippen molar-refractivity contribution >= 4 is 23.7 Å². The van der Waals surface area contributed by atoms with Gasteiger partial charge in [-0.3, -0.25) is 4.79 Å². The molecule has 0 aliphatic rings. The van der Waals surface area contributed by atoms with Crippen LogP contribution in [0.25, 0.3) is 0 Å². The lowest BCUT2D eigenvalue weighted by molar-refractivity contribution is 0.112. The van der Waals surface area contributed by atoms with Crippen LogP contribution in [0.1, 0.15) is 15.9 Å². The van der Waals surface area contributed by atoms with Crippen molar-refractivity contribution in [2.45, 2.75) is 6.92 Å². The van der Waals surface area contributed by atoms with Crippen LogP contribution in [-0.4, -0.2) is 12.3 Å². The highest BCUT2D eigenvalue weighted by Crippen LogP contribution is 2.14. The topological polar surface area (TPSA) is 58.2 Å². The van der Waals surface area contributed by atoms with Crippen molar-refractivity contribution < 1.29 is 9.59 Å². The Labute approximate surface area is 111 Å². The molecule has 4 nitrogen and oxygen atoms in total. The summed E-state index contributed by atoms with van der Waals surface area (Å²) in [4.78, 5) is 22.5. The zero-order valence-electron chi connectivity index (χ0n) is 10.5. The van der Waals surface area contributed by atoms with Crippen molar-refractivity contribution in [3.05, 3.63) is 59.7 Å². The minimum Gasteiger partial charge on any atom is -0.308 e. The van der Waals surface area contributed by atoms with Crippen LogP contribution in [-0.2, 0) is 0 Å². The molecule has 2 amide bonds. The molecule has 0 unspecified atom stereocenters. The van der Waals surface area contributed by atoms with E-state index in [-0.39, 0.29) is 6.03 Å². The maximum Gasteiger partial charge on any atom is 0.323 e. The molecule has 0 saturated heterocycles. The van der Waals surface area contributed by atoms with Crippen LogP contribution in [0.15, 0.2) is 48.5 Å². The smallest absolute Gasteiger partial charge is 0.308 e. The van der Waals surface area contributed by atoms with Crippen LogP contribution in [0.5, 0.6) is 0 Å². The first-order valence-electron chi connectivity index (χ1n) is 5.88. The fraction of sp³-hybridized carbons (Fsp3) is 0.0667. The maximum absolute atomic E-state index is 11.8. The number of hydrogen-bond donors (Lipinski definition) is 2. The molecule has 0 heterocycles. The fourth-order valence-electron chi connectivity index (χ4n) is 1.69. The Bertz CT molecular complexity index is 609. The van der Waals surface area contributed by atoms with E-state index in [2.05, 4.69) is 10.6 Å². The second-order valence-electron chi connectivity index (χ2n) is 4.14. The molecular weight excluding hydrogens is 240 g/mol. The lowest BCUT2D eigenvalue weighted by Crippen LogP contribution is -2.19. The van der Waals surface area contributed by atoms with Crippen molar-refractivity contribution in [2.24, 2.45) is 0 Å². The fourth-order valence-corrected chi connectivity index (χ4v) is 1.69. The van der Waals surface area contributed by atoms with Gasteiger partial charge >= 0.3 is 6.03 Å². The van der Waals surface area contributed by atoms with E-state index in [9.17, 15) is 9.59 Å². The number of anilines is 2. The standard InChI is InChI=1S/C15H14N2O2/c1-11-5-2-3-8-14(11)17-15(19)16-13-7-4-6-12(9-13)10-18/h2-10H,1H3,(H2,16,17,19). The van der Waals surface area contributed by atoms with E-state index in [1.54, 1.807) is 24.3 Å². The number of hydrogen-bond acceptors (Lipinski definition) is 2. The first-order valence-corrected chi connectivity index (χ1v) is 5.88. The summed E-state index contributed by atoms with van der Waals surface area (Å²) in [7, 11) is 0. The zero-order valence-corrected chi connectivity index (χ0v) is 10.5. The molecular formula is C15H14N2O2. The zero-order chi connectivity index (χ0) is 13.7. The lowest BCUT2D eigenvalue weighted by atomic mass is 10.2. The molecule has 0 atom stereocenters. The number of carbonyl (C=O) groups excluding carboxylic acids is 2. The largest absolute Gasteiger partial charge is 0.323 e. The summed E-state index contributed by atoms with van der Waals surface area (Å²) >= 11 is 0. The SMILES string of the molecule is Cc1ccccc1NC(=O)Nc1cccc(C=O)c1. The summed E-state index contributed by atoms with van der Waals surface area (Å²) in [6.45, 7) is 1.92. The molecule has 0 aliphatic heterocycles. The third-order valence-corrected chi connectivity index (χ3v) is 2.67. The minimum absolute atomic E-state index is 0.336. The Morgan fingerprint density at radius 1 is 1.05 bits per heavy atom. The highest BCUT2D eigenvalue weighted by atomic mass is 16.2. The molecule has 96 valence electrons. The van der Waals surface area contributed by atoms with Crippen molar-refractivity contribution in [3.63, 3.8) is 0 Å². The molecule has 0 fully saturated rings. The van der Waals surface area contributed by atoms with E-state index in [0.717, 1.165) is 17.5 Å². The second kappa shape index (κ2) is 5.82. The van der Waals surface area contributed by atoms with Gasteiger partial charge in [0.1, 0.15) is 6.29 Å². The lowest BCUT2D eigenvalue weighted by Gasteiger charge is -2.09. The van der Waals surface area contributed by atoms with Gasteiger partial charge in [-0.25, -0.2) is 4.79 Å². The van der Waals surface area contributed by atoms with Gasteiger partial charge in [0.05, 0.1) is 0 Å². The highest BCUT2D eigenvalue weighted by Gasteiger charge is 2.04. The number of rotatable bonds is 3. The summed E-state index contributed by atoms with van der Waals surface area (Å²) in [5.74, 6) is 0. The number of benzene rings is 2. The van der Waals surface area contributed by atoms with E-state index in [1.807, 2.05) is 31.2 Å². The van der Waals surface area contributed by atoms with Gasteiger partial charge in [-0.1, -0.05) is 30.3 Å². The van der Waals surface area contributed by atoms with Crippen molar-refractivity contribution in [1.82, 2.24) is 0 Å². The second-order valence-corrected chi connectivity index (χ2v) is 4.14. The third-order valence-electron chi connectivity index (χ3n) is 2.67. The van der Waals surface area contributed by atoms with E-state index >= 15 is 0 Å². The Morgan fingerprint density at radius 2 is 1.84 bits per heavy atom. The molecule has 2 aromatic carbocycles. The number of aryl methyl sites for hydroxylation is 1. The Morgan fingerprint density at radius 3 is 2.58 bits per heavy atom. The number of aldehydes is 1. The minimum atomic E-state index is -0.336. The summed E-state index contributed by atoms with van der Waals surface area (Å²) in [5.41, 5.74) is 2.84. The molecule has 4 heteroatoms. The van der Waals surface area contributed by atoms with Gasteiger partial charge in [-0.15, -0.1) is 0 Å². The van der Waals surface area contributed by atoms with Crippen LogP contribution in [0.4, 0.5) is 16.2 Å². The van der Waals surface area contributed by atoms with Crippen molar-refractivity contribution in [2.75, 3.05) is 10.6 Å². The summed E-state index contributed by atoms with van der Waals surface area (Å²) in [5, 5.41) is 5.44. The molecule has 0 radical (unpaired) electrons. The first kappa shape index (κ1) is 12.8. The Hall–Kier alpha value is -2.62. The van der Waals surface area contributed by atoms with E-state index in [0.29, 0.717) is 11.3 Å². The molecule has 19 heavy (non-hydrogen) atoms. The van der Waals surface area contributed by atoms with Crippen LogP contribution < -0.4 is 10.6 Å².